The van der Waals surface area contributed by atoms with Crippen molar-refractivity contribution in [3.63, 3.8) is 0 Å². The van der Waals surface area contributed by atoms with Crippen LogP contribution in [0, 0.1) is 6.92 Å². The molecule has 1 N–H and O–H groups in total. The van der Waals surface area contributed by atoms with Gasteiger partial charge < -0.3 is 10.2 Å². The summed E-state index contributed by atoms with van der Waals surface area (Å²) in [6.07, 6.45) is 0.932. The number of para-hydroxylation sites is 1. The summed E-state index contributed by atoms with van der Waals surface area (Å²) in [4.78, 5) is 14.8. The van der Waals surface area contributed by atoms with Crippen LogP contribution in [0.5, 0.6) is 0 Å². The molecule has 1 amide bonds. The van der Waals surface area contributed by atoms with Crippen molar-refractivity contribution in [1.29, 1.82) is 0 Å². The molecule has 1 atom stereocenters. The Labute approximate surface area is 139 Å². The maximum Gasteiger partial charge on any atom is 0.260 e. The van der Waals surface area contributed by atoms with E-state index in [1.165, 1.54) is 11.1 Å². The summed E-state index contributed by atoms with van der Waals surface area (Å²) < 4.78 is 0. The number of hydrogen-bond acceptors (Lipinski definition) is 2. The SMILES string of the molecule is C.CC.Cc1ccc2c(c1)NCC1Cc3ccccc3N1C2=O. The van der Waals surface area contributed by atoms with Crippen molar-refractivity contribution in [3.05, 3.63) is 59.2 Å². The molecule has 3 heteroatoms. The van der Waals surface area contributed by atoms with Crippen molar-refractivity contribution in [3.8, 4) is 0 Å². The van der Waals surface area contributed by atoms with E-state index in [0.29, 0.717) is 0 Å². The van der Waals surface area contributed by atoms with Crippen LogP contribution in [0.3, 0.4) is 0 Å². The number of fused-ring (bicyclic) bond motifs is 4. The van der Waals surface area contributed by atoms with Gasteiger partial charge in [0.05, 0.1) is 11.6 Å². The number of benzene rings is 2. The van der Waals surface area contributed by atoms with E-state index in [4.69, 9.17) is 0 Å². The van der Waals surface area contributed by atoms with Crippen LogP contribution in [0.25, 0.3) is 0 Å². The topological polar surface area (TPSA) is 32.3 Å². The van der Waals surface area contributed by atoms with Crippen LogP contribution in [0.4, 0.5) is 11.4 Å². The summed E-state index contributed by atoms with van der Waals surface area (Å²) in [6, 6.07) is 14.4. The Kier molecular flexibility index (Phi) is 5.09. The first-order valence-electron chi connectivity index (χ1n) is 8.00. The Morgan fingerprint density at radius 1 is 1.13 bits per heavy atom. The molecule has 2 heterocycles. The number of amides is 1. The molecular weight excluding hydrogens is 284 g/mol. The van der Waals surface area contributed by atoms with Gasteiger partial charge in [0.25, 0.3) is 5.91 Å². The van der Waals surface area contributed by atoms with Crippen molar-refractivity contribution >= 4 is 17.3 Å². The van der Waals surface area contributed by atoms with E-state index in [1.807, 2.05) is 56.0 Å². The minimum absolute atomic E-state index is 0. The molecule has 0 aromatic heterocycles. The molecule has 0 aliphatic carbocycles. The molecule has 2 aromatic rings. The normalized spacial score (nSPS) is 17.4. The van der Waals surface area contributed by atoms with E-state index in [1.54, 1.807) is 0 Å². The average Bonchev–Trinajstić information content (AvgIpc) is 2.86. The Morgan fingerprint density at radius 2 is 1.87 bits per heavy atom. The van der Waals surface area contributed by atoms with Gasteiger partial charge in [0, 0.05) is 17.9 Å². The second-order valence-electron chi connectivity index (χ2n) is 5.59. The average molecular weight is 310 g/mol. The fourth-order valence-corrected chi connectivity index (χ4v) is 3.25. The second-order valence-corrected chi connectivity index (χ2v) is 5.59. The predicted molar refractivity (Wildman–Crippen MR) is 98.5 cm³/mol. The van der Waals surface area contributed by atoms with E-state index in [2.05, 4.69) is 17.4 Å². The lowest BCUT2D eigenvalue weighted by molar-refractivity contribution is 0.0983. The minimum atomic E-state index is 0. The van der Waals surface area contributed by atoms with Gasteiger partial charge in [-0.05, 0) is 42.7 Å². The lowest BCUT2D eigenvalue weighted by atomic mass is 10.1. The number of carbonyl (C=O) groups is 1. The van der Waals surface area contributed by atoms with Crippen molar-refractivity contribution in [2.45, 2.75) is 40.7 Å². The zero-order chi connectivity index (χ0) is 15.7. The van der Waals surface area contributed by atoms with E-state index in [0.717, 1.165) is 29.9 Å². The van der Waals surface area contributed by atoms with E-state index < -0.39 is 0 Å². The fraction of sp³-hybridized carbons (Fsp3) is 0.350. The summed E-state index contributed by atoms with van der Waals surface area (Å²) in [6.45, 7) is 6.85. The molecular formula is C20H26N2O. The monoisotopic (exact) mass is 310 g/mol. The highest BCUT2D eigenvalue weighted by Gasteiger charge is 2.36. The maximum atomic E-state index is 12.9. The van der Waals surface area contributed by atoms with Crippen LogP contribution in [0.1, 0.15) is 42.8 Å². The number of carbonyl (C=O) groups excluding carboxylic acids is 1. The van der Waals surface area contributed by atoms with Crippen LogP contribution in [-0.4, -0.2) is 18.5 Å². The largest absolute Gasteiger partial charge is 0.382 e. The van der Waals surface area contributed by atoms with Crippen LogP contribution >= 0.6 is 0 Å². The number of rotatable bonds is 0. The Bertz CT molecular complexity index is 709. The van der Waals surface area contributed by atoms with Gasteiger partial charge in [0.15, 0.2) is 0 Å². The highest BCUT2D eigenvalue weighted by molar-refractivity contribution is 6.11. The molecule has 0 radical (unpaired) electrons. The number of hydrogen-bond donors (Lipinski definition) is 1. The molecule has 2 aliphatic rings. The van der Waals surface area contributed by atoms with Gasteiger partial charge in [0.2, 0.25) is 0 Å². The summed E-state index contributed by atoms with van der Waals surface area (Å²) in [5, 5.41) is 3.44. The molecule has 2 aliphatic heterocycles. The molecule has 0 saturated carbocycles. The zero-order valence-corrected chi connectivity index (χ0v) is 13.4. The van der Waals surface area contributed by atoms with E-state index >= 15 is 0 Å². The highest BCUT2D eigenvalue weighted by Crippen LogP contribution is 2.36. The lowest BCUT2D eigenvalue weighted by Crippen LogP contribution is -2.39. The van der Waals surface area contributed by atoms with Gasteiger partial charge in [-0.2, -0.15) is 0 Å². The summed E-state index contributed by atoms with van der Waals surface area (Å²) in [7, 11) is 0. The third kappa shape index (κ3) is 2.83. The second kappa shape index (κ2) is 6.86. The molecule has 0 saturated heterocycles. The molecule has 2 aromatic carbocycles. The van der Waals surface area contributed by atoms with Crippen LogP contribution in [0.2, 0.25) is 0 Å². The van der Waals surface area contributed by atoms with Crippen molar-refractivity contribution in [2.24, 2.45) is 0 Å². The van der Waals surface area contributed by atoms with Crippen molar-refractivity contribution in [2.75, 3.05) is 16.8 Å². The molecule has 0 spiro atoms. The molecule has 122 valence electrons. The molecule has 1 unspecified atom stereocenters. The number of nitrogens with one attached hydrogen (secondary N) is 1. The number of anilines is 2. The Hall–Kier alpha value is -2.29. The molecule has 0 bridgehead atoms. The number of aryl methyl sites for hydroxylation is 1. The van der Waals surface area contributed by atoms with Crippen LogP contribution in [-0.2, 0) is 6.42 Å². The zero-order valence-electron chi connectivity index (χ0n) is 13.4. The summed E-state index contributed by atoms with van der Waals surface area (Å²) in [5.74, 6) is 0.111. The van der Waals surface area contributed by atoms with Gasteiger partial charge in [-0.1, -0.05) is 45.5 Å². The molecule has 23 heavy (non-hydrogen) atoms. The first-order valence-corrected chi connectivity index (χ1v) is 8.00. The highest BCUT2D eigenvalue weighted by atomic mass is 16.2. The third-order valence-corrected chi connectivity index (χ3v) is 4.22. The van der Waals surface area contributed by atoms with Gasteiger partial charge in [0.1, 0.15) is 0 Å². The smallest absolute Gasteiger partial charge is 0.260 e. The van der Waals surface area contributed by atoms with Gasteiger partial charge in [-0.15, -0.1) is 0 Å². The first-order chi connectivity index (χ1) is 10.7. The predicted octanol–water partition coefficient (Wildman–Crippen LogP) is 4.65. The Morgan fingerprint density at radius 3 is 2.65 bits per heavy atom. The van der Waals surface area contributed by atoms with Gasteiger partial charge >= 0.3 is 0 Å². The molecule has 3 nitrogen and oxygen atoms in total. The summed E-state index contributed by atoms with van der Waals surface area (Å²) >= 11 is 0. The maximum absolute atomic E-state index is 12.9. The van der Waals surface area contributed by atoms with Crippen molar-refractivity contribution < 1.29 is 4.79 Å². The standard InChI is InChI=1S/C17H16N2O.C2H6.CH4/c1-11-6-7-14-15(8-11)18-10-13-9-12-4-2-3-5-16(12)19(13)17(14)20;1-2;/h2-8,13,18H,9-10H2,1H3;1-2H3;1H4. The van der Waals surface area contributed by atoms with Crippen LogP contribution < -0.4 is 10.2 Å². The van der Waals surface area contributed by atoms with Gasteiger partial charge in [-0.3, -0.25) is 4.79 Å². The van der Waals surface area contributed by atoms with Crippen molar-refractivity contribution in [1.82, 2.24) is 0 Å². The minimum Gasteiger partial charge on any atom is -0.382 e. The van der Waals surface area contributed by atoms with E-state index in [-0.39, 0.29) is 19.4 Å². The number of nitrogens with zero attached hydrogens (tertiary/aromatic N) is 1. The quantitative estimate of drug-likeness (QED) is 0.768. The summed E-state index contributed by atoms with van der Waals surface area (Å²) in [5.41, 5.74) is 5.24. The Balaban J connectivity index is 0.000000617. The first kappa shape index (κ1) is 17.1. The lowest BCUT2D eigenvalue weighted by Gasteiger charge is -2.22. The molecule has 4 rings (SSSR count). The molecule has 0 fully saturated rings. The van der Waals surface area contributed by atoms with E-state index in [9.17, 15) is 4.79 Å². The van der Waals surface area contributed by atoms with Gasteiger partial charge in [-0.25, -0.2) is 0 Å². The third-order valence-electron chi connectivity index (χ3n) is 4.22. The van der Waals surface area contributed by atoms with Crippen LogP contribution in [0.15, 0.2) is 42.5 Å². The fourth-order valence-electron chi connectivity index (χ4n) is 3.25.